The Morgan fingerprint density at radius 1 is 0.902 bits per heavy atom. The van der Waals surface area contributed by atoms with Gasteiger partial charge in [0.05, 0.1) is 23.9 Å². The second-order valence-electron chi connectivity index (χ2n) is 10.2. The third kappa shape index (κ3) is 6.36. The molecule has 0 saturated carbocycles. The first-order valence-corrected chi connectivity index (χ1v) is 14.7. The largest absolute Gasteiger partial charge is 0.495 e. The molecule has 0 unspecified atom stereocenters. The van der Waals surface area contributed by atoms with Crippen LogP contribution in [0.15, 0.2) is 76.7 Å². The molecule has 0 aliphatic rings. The molecule has 1 amide bonds. The molecular weight excluding hydrogens is 536 g/mol. The number of carbonyl (C=O) groups excluding carboxylic acids is 1. The summed E-state index contributed by atoms with van der Waals surface area (Å²) in [5, 5.41) is 4.16. The van der Waals surface area contributed by atoms with E-state index in [-0.39, 0.29) is 10.6 Å². The molecule has 0 atom stereocenters. The molecule has 1 heterocycles. The number of rotatable bonds is 9. The summed E-state index contributed by atoms with van der Waals surface area (Å²) in [6, 6.07) is 20.0. The van der Waals surface area contributed by atoms with Crippen molar-refractivity contribution in [2.75, 3.05) is 18.0 Å². The van der Waals surface area contributed by atoms with E-state index in [4.69, 9.17) is 4.74 Å². The van der Waals surface area contributed by atoms with Gasteiger partial charge in [-0.1, -0.05) is 29.8 Å². The lowest BCUT2D eigenvalue weighted by molar-refractivity contribution is -0.119. The highest BCUT2D eigenvalue weighted by Gasteiger charge is 2.29. The second kappa shape index (κ2) is 12.0. The Labute approximate surface area is 242 Å². The summed E-state index contributed by atoms with van der Waals surface area (Å²) >= 11 is 0. The van der Waals surface area contributed by atoms with Crippen molar-refractivity contribution < 1.29 is 17.9 Å². The van der Waals surface area contributed by atoms with Crippen molar-refractivity contribution in [1.82, 2.24) is 9.99 Å². The number of amides is 1. The molecule has 0 fully saturated rings. The molecule has 214 valence electrons. The first-order chi connectivity index (χ1) is 19.4. The first kappa shape index (κ1) is 29.6. The molecule has 0 saturated heterocycles. The third-order valence-corrected chi connectivity index (χ3v) is 8.89. The molecule has 4 aromatic rings. The van der Waals surface area contributed by atoms with Gasteiger partial charge in [-0.25, -0.2) is 13.8 Å². The molecule has 41 heavy (non-hydrogen) atoms. The number of anilines is 1. The van der Waals surface area contributed by atoms with Gasteiger partial charge in [-0.05, 0) is 101 Å². The number of sulfonamides is 1. The summed E-state index contributed by atoms with van der Waals surface area (Å²) in [7, 11) is -2.64. The Hall–Kier alpha value is -4.37. The molecule has 1 N–H and O–H groups in total. The SMILES string of the molecule is COc1ccc(C)cc1N(CC(=O)N/N=C\c1cc(C)n(-c2ccc(C)c(C)c2)c1C)S(=O)(=O)c1ccc(C)cc1. The minimum atomic E-state index is -4.10. The van der Waals surface area contributed by atoms with E-state index in [0.717, 1.165) is 38.1 Å². The van der Waals surface area contributed by atoms with Crippen molar-refractivity contribution in [3.05, 3.63) is 106 Å². The van der Waals surface area contributed by atoms with Gasteiger partial charge in [0.1, 0.15) is 12.3 Å². The molecule has 1 aromatic heterocycles. The van der Waals surface area contributed by atoms with Crippen molar-refractivity contribution in [3.8, 4) is 11.4 Å². The van der Waals surface area contributed by atoms with Crippen LogP contribution in [0.25, 0.3) is 5.69 Å². The normalized spacial score (nSPS) is 11.6. The van der Waals surface area contributed by atoms with Gasteiger partial charge >= 0.3 is 0 Å². The molecule has 0 bridgehead atoms. The van der Waals surface area contributed by atoms with Crippen LogP contribution in [-0.4, -0.2) is 38.8 Å². The van der Waals surface area contributed by atoms with E-state index >= 15 is 0 Å². The van der Waals surface area contributed by atoms with E-state index in [1.54, 1.807) is 30.5 Å². The summed E-state index contributed by atoms with van der Waals surface area (Å²) in [4.78, 5) is 13.2. The zero-order valence-electron chi connectivity index (χ0n) is 24.5. The number of nitrogens with zero attached hydrogens (tertiary/aromatic N) is 3. The lowest BCUT2D eigenvalue weighted by Crippen LogP contribution is -2.39. The molecule has 4 rings (SSSR count). The van der Waals surface area contributed by atoms with Crippen LogP contribution in [0.3, 0.4) is 0 Å². The number of aromatic nitrogens is 1. The van der Waals surface area contributed by atoms with Crippen LogP contribution in [-0.2, 0) is 14.8 Å². The maximum Gasteiger partial charge on any atom is 0.264 e. The summed E-state index contributed by atoms with van der Waals surface area (Å²) in [5.74, 6) is -0.259. The van der Waals surface area contributed by atoms with E-state index in [9.17, 15) is 13.2 Å². The van der Waals surface area contributed by atoms with Crippen molar-refractivity contribution in [1.29, 1.82) is 0 Å². The summed E-state index contributed by atoms with van der Waals surface area (Å²) in [6.07, 6.45) is 1.57. The van der Waals surface area contributed by atoms with E-state index in [1.807, 2.05) is 39.8 Å². The van der Waals surface area contributed by atoms with Crippen LogP contribution in [0, 0.1) is 41.5 Å². The van der Waals surface area contributed by atoms with Gasteiger partial charge in [0, 0.05) is 22.6 Å². The smallest absolute Gasteiger partial charge is 0.264 e. The second-order valence-corrected chi connectivity index (χ2v) is 12.1. The number of aryl methyl sites for hydroxylation is 5. The quantitative estimate of drug-likeness (QED) is 0.206. The van der Waals surface area contributed by atoms with Crippen molar-refractivity contribution in [3.63, 3.8) is 0 Å². The van der Waals surface area contributed by atoms with Gasteiger partial charge in [-0.15, -0.1) is 0 Å². The fraction of sp³-hybridized carbons (Fsp3) is 0.250. The standard InChI is InChI=1S/C32H36N4O4S/c1-21-8-13-29(14-9-21)41(38,39)35(30-16-22(2)10-15-31(30)40-7)20-32(37)34-33-19-27-18-25(5)36(26(27)6)28-12-11-23(3)24(4)17-28/h8-19H,20H2,1-7H3,(H,34,37)/b33-19-. The lowest BCUT2D eigenvalue weighted by Gasteiger charge is -2.25. The van der Waals surface area contributed by atoms with E-state index in [2.05, 4.69) is 47.1 Å². The molecule has 8 nitrogen and oxygen atoms in total. The molecule has 3 aromatic carbocycles. The number of ether oxygens (including phenoxy) is 1. The molecule has 9 heteroatoms. The van der Waals surface area contributed by atoms with Crippen molar-refractivity contribution in [2.24, 2.45) is 5.10 Å². The number of nitrogens with one attached hydrogen (secondary N) is 1. The Kier molecular flexibility index (Phi) is 8.68. The summed E-state index contributed by atoms with van der Waals surface area (Å²) in [5.41, 5.74) is 10.8. The fourth-order valence-corrected chi connectivity index (χ4v) is 6.08. The average molecular weight is 573 g/mol. The number of hydrogen-bond acceptors (Lipinski definition) is 5. The zero-order valence-corrected chi connectivity index (χ0v) is 25.3. The monoisotopic (exact) mass is 572 g/mol. The van der Waals surface area contributed by atoms with Gasteiger partial charge in [0.2, 0.25) is 0 Å². The fourth-order valence-electron chi connectivity index (χ4n) is 4.65. The van der Waals surface area contributed by atoms with E-state index in [1.165, 1.54) is 30.4 Å². The third-order valence-electron chi connectivity index (χ3n) is 7.11. The topological polar surface area (TPSA) is 93.0 Å². The highest BCUT2D eigenvalue weighted by Crippen LogP contribution is 2.33. The lowest BCUT2D eigenvalue weighted by atomic mass is 10.1. The predicted molar refractivity (Wildman–Crippen MR) is 164 cm³/mol. The van der Waals surface area contributed by atoms with Gasteiger partial charge in [-0.2, -0.15) is 5.10 Å². The van der Waals surface area contributed by atoms with E-state index in [0.29, 0.717) is 5.75 Å². The van der Waals surface area contributed by atoms with Gasteiger partial charge in [0.25, 0.3) is 15.9 Å². The Morgan fingerprint density at radius 3 is 2.24 bits per heavy atom. The van der Waals surface area contributed by atoms with Crippen LogP contribution >= 0.6 is 0 Å². The van der Waals surface area contributed by atoms with Crippen LogP contribution in [0.4, 0.5) is 5.69 Å². The number of benzene rings is 3. The van der Waals surface area contributed by atoms with Crippen LogP contribution < -0.4 is 14.5 Å². The zero-order chi connectivity index (χ0) is 29.9. The Bertz CT molecular complexity index is 1720. The van der Waals surface area contributed by atoms with Gasteiger partial charge in [0.15, 0.2) is 0 Å². The highest BCUT2D eigenvalue weighted by molar-refractivity contribution is 7.92. The van der Waals surface area contributed by atoms with Crippen LogP contribution in [0.5, 0.6) is 5.75 Å². The molecule has 0 spiro atoms. The number of methoxy groups -OCH3 is 1. The Balaban J connectivity index is 1.60. The maximum atomic E-state index is 13.8. The van der Waals surface area contributed by atoms with Gasteiger partial charge in [-0.3, -0.25) is 9.10 Å². The molecule has 0 radical (unpaired) electrons. The van der Waals surface area contributed by atoms with Gasteiger partial charge < -0.3 is 9.30 Å². The average Bonchev–Trinajstić information content (AvgIpc) is 3.21. The number of hydrogen-bond donors (Lipinski definition) is 1. The van der Waals surface area contributed by atoms with E-state index < -0.39 is 22.5 Å². The Morgan fingerprint density at radius 2 is 1.59 bits per heavy atom. The minimum Gasteiger partial charge on any atom is -0.495 e. The number of hydrazone groups is 1. The molecule has 0 aliphatic carbocycles. The number of carbonyl (C=O) groups is 1. The molecular formula is C32H36N4O4S. The minimum absolute atomic E-state index is 0.0711. The highest BCUT2D eigenvalue weighted by atomic mass is 32.2. The first-order valence-electron chi connectivity index (χ1n) is 13.2. The summed E-state index contributed by atoms with van der Waals surface area (Å²) < 4.78 is 36.2. The van der Waals surface area contributed by atoms with Crippen molar-refractivity contribution in [2.45, 2.75) is 46.4 Å². The summed E-state index contributed by atoms with van der Waals surface area (Å²) in [6.45, 7) is 11.4. The maximum absolute atomic E-state index is 13.8. The van der Waals surface area contributed by atoms with Crippen LogP contribution in [0.1, 0.15) is 39.2 Å². The van der Waals surface area contributed by atoms with Crippen LogP contribution in [0.2, 0.25) is 0 Å². The van der Waals surface area contributed by atoms with Crippen molar-refractivity contribution >= 4 is 27.8 Å². The molecule has 0 aliphatic heterocycles. The predicted octanol–water partition coefficient (Wildman–Crippen LogP) is 5.68.